The van der Waals surface area contributed by atoms with Crippen molar-refractivity contribution in [3.63, 3.8) is 0 Å². The van der Waals surface area contributed by atoms with Crippen LogP contribution in [-0.4, -0.2) is 22.7 Å². The summed E-state index contributed by atoms with van der Waals surface area (Å²) in [5.74, 6) is 0. The topological polar surface area (TPSA) is 74.2 Å². The van der Waals surface area contributed by atoms with Crippen molar-refractivity contribution in [2.75, 3.05) is 6.54 Å². The number of carbonyl (C=O) groups is 1. The molecule has 1 unspecified atom stereocenters. The zero-order valence-corrected chi connectivity index (χ0v) is 13.2. The standard InChI is InChI=1S/C13H13Cl2N3O2S/c14-9-2-1-3-10(15)12(9)11(19)5-17-13(20)16-4-8-6-21-7-18-8/h1-3,6-7,11,19H,4-5H2,(H2,16,17,20). The van der Waals surface area contributed by atoms with Gasteiger partial charge in [-0.1, -0.05) is 29.3 Å². The summed E-state index contributed by atoms with van der Waals surface area (Å²) in [5.41, 5.74) is 2.88. The number of aliphatic hydroxyl groups is 1. The second kappa shape index (κ2) is 7.61. The molecule has 8 heteroatoms. The molecule has 2 aromatic rings. The summed E-state index contributed by atoms with van der Waals surface area (Å²) in [4.78, 5) is 15.7. The van der Waals surface area contributed by atoms with Crippen molar-refractivity contribution in [2.45, 2.75) is 12.6 Å². The smallest absolute Gasteiger partial charge is 0.315 e. The van der Waals surface area contributed by atoms with Gasteiger partial charge in [-0.15, -0.1) is 11.3 Å². The molecule has 1 atom stereocenters. The van der Waals surface area contributed by atoms with Crippen molar-refractivity contribution in [2.24, 2.45) is 0 Å². The summed E-state index contributed by atoms with van der Waals surface area (Å²) >= 11 is 13.4. The Morgan fingerprint density at radius 3 is 2.67 bits per heavy atom. The molecule has 0 aliphatic carbocycles. The first-order valence-electron chi connectivity index (χ1n) is 6.08. The Bertz CT molecular complexity index is 587. The molecule has 21 heavy (non-hydrogen) atoms. The first-order chi connectivity index (χ1) is 10.1. The van der Waals surface area contributed by atoms with Crippen molar-refractivity contribution in [1.82, 2.24) is 15.6 Å². The number of aliphatic hydroxyl groups excluding tert-OH is 1. The molecule has 0 bridgehead atoms. The van der Waals surface area contributed by atoms with E-state index in [1.807, 2.05) is 5.38 Å². The van der Waals surface area contributed by atoms with Crippen LogP contribution < -0.4 is 10.6 Å². The number of rotatable bonds is 5. The fourth-order valence-electron chi connectivity index (χ4n) is 1.68. The van der Waals surface area contributed by atoms with E-state index in [9.17, 15) is 9.90 Å². The van der Waals surface area contributed by atoms with E-state index in [-0.39, 0.29) is 6.54 Å². The van der Waals surface area contributed by atoms with Crippen molar-refractivity contribution in [1.29, 1.82) is 0 Å². The molecule has 2 amide bonds. The van der Waals surface area contributed by atoms with Crippen LogP contribution in [0.1, 0.15) is 17.4 Å². The molecule has 0 saturated carbocycles. The van der Waals surface area contributed by atoms with Gasteiger partial charge in [-0.2, -0.15) is 0 Å². The number of nitrogens with one attached hydrogen (secondary N) is 2. The van der Waals surface area contributed by atoms with Gasteiger partial charge >= 0.3 is 6.03 Å². The van der Waals surface area contributed by atoms with E-state index in [1.165, 1.54) is 11.3 Å². The van der Waals surface area contributed by atoms with E-state index in [1.54, 1.807) is 23.7 Å². The molecule has 0 spiro atoms. The number of hydrogen-bond donors (Lipinski definition) is 3. The molecule has 2 rings (SSSR count). The van der Waals surface area contributed by atoms with Crippen LogP contribution in [0, 0.1) is 0 Å². The Labute approximate surface area is 135 Å². The van der Waals surface area contributed by atoms with Gasteiger partial charge in [0.05, 0.1) is 23.9 Å². The third-order valence-corrected chi connectivity index (χ3v) is 4.00. The Morgan fingerprint density at radius 1 is 1.33 bits per heavy atom. The van der Waals surface area contributed by atoms with Crippen LogP contribution in [0.5, 0.6) is 0 Å². The van der Waals surface area contributed by atoms with Crippen molar-refractivity contribution in [3.05, 3.63) is 50.4 Å². The van der Waals surface area contributed by atoms with Gasteiger partial charge in [-0.25, -0.2) is 9.78 Å². The van der Waals surface area contributed by atoms with Crippen molar-refractivity contribution < 1.29 is 9.90 Å². The van der Waals surface area contributed by atoms with E-state index in [4.69, 9.17) is 23.2 Å². The number of thiazole rings is 1. The summed E-state index contributed by atoms with van der Waals surface area (Å²) in [6.07, 6.45) is -0.976. The third-order valence-electron chi connectivity index (χ3n) is 2.70. The van der Waals surface area contributed by atoms with E-state index >= 15 is 0 Å². The molecule has 0 saturated heterocycles. The summed E-state index contributed by atoms with van der Waals surface area (Å²) in [5, 5.41) is 17.8. The maximum Gasteiger partial charge on any atom is 0.315 e. The molecule has 1 aromatic carbocycles. The number of nitrogens with zero attached hydrogens (tertiary/aromatic N) is 1. The average molecular weight is 346 g/mol. The second-order valence-corrected chi connectivity index (χ2v) is 5.73. The lowest BCUT2D eigenvalue weighted by atomic mass is 10.1. The summed E-state index contributed by atoms with van der Waals surface area (Å²) in [7, 11) is 0. The van der Waals surface area contributed by atoms with Crippen LogP contribution in [-0.2, 0) is 6.54 Å². The van der Waals surface area contributed by atoms with E-state index in [2.05, 4.69) is 15.6 Å². The number of amides is 2. The first kappa shape index (κ1) is 16.0. The fraction of sp³-hybridized carbons (Fsp3) is 0.231. The molecule has 1 heterocycles. The fourth-order valence-corrected chi connectivity index (χ4v) is 2.89. The van der Waals surface area contributed by atoms with Crippen LogP contribution >= 0.6 is 34.5 Å². The molecule has 0 fully saturated rings. The minimum atomic E-state index is -0.976. The quantitative estimate of drug-likeness (QED) is 0.779. The highest BCUT2D eigenvalue weighted by molar-refractivity contribution is 7.07. The average Bonchev–Trinajstić information content (AvgIpc) is 2.96. The highest BCUT2D eigenvalue weighted by atomic mass is 35.5. The van der Waals surface area contributed by atoms with E-state index in [0.717, 1.165) is 5.69 Å². The number of aromatic nitrogens is 1. The first-order valence-corrected chi connectivity index (χ1v) is 7.78. The number of benzene rings is 1. The molecule has 5 nitrogen and oxygen atoms in total. The van der Waals surface area contributed by atoms with Gasteiger partial charge in [-0.05, 0) is 12.1 Å². The van der Waals surface area contributed by atoms with Gasteiger partial charge < -0.3 is 15.7 Å². The Balaban J connectivity index is 1.83. The lowest BCUT2D eigenvalue weighted by Crippen LogP contribution is -2.37. The molecule has 0 radical (unpaired) electrons. The van der Waals surface area contributed by atoms with Gasteiger partial charge in [0.15, 0.2) is 0 Å². The Hall–Kier alpha value is -1.34. The summed E-state index contributed by atoms with van der Waals surface area (Å²) < 4.78 is 0. The summed E-state index contributed by atoms with van der Waals surface area (Å²) in [6.45, 7) is 0.338. The zero-order chi connectivity index (χ0) is 15.2. The van der Waals surface area contributed by atoms with Gasteiger partial charge in [0.2, 0.25) is 0 Å². The van der Waals surface area contributed by atoms with Crippen LogP contribution in [0.15, 0.2) is 29.1 Å². The molecule has 0 aliphatic heterocycles. The van der Waals surface area contributed by atoms with Crippen LogP contribution in [0.2, 0.25) is 10.0 Å². The minimum Gasteiger partial charge on any atom is -0.386 e. The monoisotopic (exact) mass is 345 g/mol. The van der Waals surface area contributed by atoms with Crippen molar-refractivity contribution in [3.8, 4) is 0 Å². The normalized spacial score (nSPS) is 12.0. The largest absolute Gasteiger partial charge is 0.386 e. The predicted octanol–water partition coefficient (Wildman–Crippen LogP) is 2.98. The maximum atomic E-state index is 11.6. The Morgan fingerprint density at radius 2 is 2.05 bits per heavy atom. The van der Waals surface area contributed by atoms with E-state index in [0.29, 0.717) is 22.2 Å². The maximum absolute atomic E-state index is 11.6. The van der Waals surface area contributed by atoms with Crippen molar-refractivity contribution >= 4 is 40.6 Å². The van der Waals surface area contributed by atoms with Gasteiger partial charge in [0.1, 0.15) is 0 Å². The number of hydrogen-bond acceptors (Lipinski definition) is 4. The highest BCUT2D eigenvalue weighted by Gasteiger charge is 2.16. The third kappa shape index (κ3) is 4.57. The van der Waals surface area contributed by atoms with Gasteiger partial charge in [0, 0.05) is 27.5 Å². The van der Waals surface area contributed by atoms with Gasteiger partial charge in [0.25, 0.3) is 0 Å². The van der Waals surface area contributed by atoms with E-state index < -0.39 is 12.1 Å². The second-order valence-electron chi connectivity index (χ2n) is 4.19. The Kier molecular flexibility index (Phi) is 5.81. The predicted molar refractivity (Wildman–Crippen MR) is 83.8 cm³/mol. The minimum absolute atomic E-state index is 0.00630. The number of halogens is 2. The lowest BCUT2D eigenvalue weighted by Gasteiger charge is -2.15. The molecule has 0 aliphatic rings. The highest BCUT2D eigenvalue weighted by Crippen LogP contribution is 2.29. The molecule has 112 valence electrons. The van der Waals surface area contributed by atoms with Crippen LogP contribution in [0.3, 0.4) is 0 Å². The summed E-state index contributed by atoms with van der Waals surface area (Å²) in [6, 6.07) is 4.56. The van der Waals surface area contributed by atoms with Crippen LogP contribution in [0.25, 0.3) is 0 Å². The number of carbonyl (C=O) groups excluding carboxylic acids is 1. The number of urea groups is 1. The molecular formula is C13H13Cl2N3O2S. The molecular weight excluding hydrogens is 333 g/mol. The van der Waals surface area contributed by atoms with Crippen LogP contribution in [0.4, 0.5) is 4.79 Å². The SMILES string of the molecule is O=C(NCc1cscn1)NCC(O)c1c(Cl)cccc1Cl. The molecule has 1 aromatic heterocycles. The molecule has 3 N–H and O–H groups in total. The van der Waals surface area contributed by atoms with Gasteiger partial charge in [-0.3, -0.25) is 0 Å². The lowest BCUT2D eigenvalue weighted by molar-refractivity contribution is 0.173. The zero-order valence-electron chi connectivity index (χ0n) is 10.8.